The summed E-state index contributed by atoms with van der Waals surface area (Å²) >= 11 is 0. The number of hydrogen-bond donors (Lipinski definition) is 4. The standard InChI is InChI=1S/C30H38N4O10/c1-6-40-23-13-19(9-11-21(23)44-17-26(36)42-8-3)15-31-34-25(35)16-43-22-12-10-20(14-24(22)41-7-2)28-27(29(37)39-5)18(4)32-30(38)33-28/h9-15,25,28,34-35H,6-8,16-17H2,1-5H3,(H2,32,33,38)/b31-15-/t25-,28+/m0/s1. The molecule has 4 N–H and O–H groups in total. The molecule has 3 rings (SSSR count). The largest absolute Gasteiger partial charge is 0.490 e. The summed E-state index contributed by atoms with van der Waals surface area (Å²) < 4.78 is 32.4. The zero-order valence-corrected chi connectivity index (χ0v) is 25.3. The first-order valence-corrected chi connectivity index (χ1v) is 14.0. The summed E-state index contributed by atoms with van der Waals surface area (Å²) in [7, 11) is 1.27. The summed E-state index contributed by atoms with van der Waals surface area (Å²) in [4.78, 5) is 36.2. The molecule has 2 amide bonds. The molecule has 1 aliphatic rings. The van der Waals surface area contributed by atoms with Crippen LogP contribution in [0.15, 0.2) is 52.8 Å². The lowest BCUT2D eigenvalue weighted by Gasteiger charge is -2.28. The Morgan fingerprint density at radius 2 is 1.66 bits per heavy atom. The van der Waals surface area contributed by atoms with Gasteiger partial charge in [-0.2, -0.15) is 5.10 Å². The Hall–Kier alpha value is -4.98. The number of aliphatic hydroxyl groups excluding tert-OH is 1. The molecule has 44 heavy (non-hydrogen) atoms. The number of benzene rings is 2. The molecule has 0 saturated carbocycles. The maximum Gasteiger partial charge on any atom is 0.344 e. The second kappa shape index (κ2) is 16.6. The van der Waals surface area contributed by atoms with E-state index in [-0.39, 0.29) is 25.4 Å². The van der Waals surface area contributed by atoms with Gasteiger partial charge in [0.15, 0.2) is 35.8 Å². The molecule has 1 aliphatic heterocycles. The number of rotatable bonds is 16. The third kappa shape index (κ3) is 9.26. The van der Waals surface area contributed by atoms with Crippen LogP contribution in [0.25, 0.3) is 0 Å². The van der Waals surface area contributed by atoms with Gasteiger partial charge in [-0.3, -0.25) is 5.43 Å². The Bertz CT molecular complexity index is 1380. The van der Waals surface area contributed by atoms with Gasteiger partial charge in [-0.15, -0.1) is 0 Å². The van der Waals surface area contributed by atoms with E-state index in [1.165, 1.54) is 13.3 Å². The van der Waals surface area contributed by atoms with Gasteiger partial charge in [0, 0.05) is 5.70 Å². The summed E-state index contributed by atoms with van der Waals surface area (Å²) in [6.07, 6.45) is 0.294. The molecule has 0 saturated heterocycles. The number of carbonyl (C=O) groups excluding carboxylic acids is 3. The Morgan fingerprint density at radius 3 is 2.34 bits per heavy atom. The number of hydrazone groups is 1. The maximum atomic E-state index is 12.4. The fraction of sp³-hybridized carbons (Fsp3) is 0.400. The third-order valence-electron chi connectivity index (χ3n) is 6.03. The van der Waals surface area contributed by atoms with E-state index in [0.717, 1.165) is 0 Å². The number of urea groups is 1. The second-order valence-corrected chi connectivity index (χ2v) is 9.15. The second-order valence-electron chi connectivity index (χ2n) is 9.15. The van der Waals surface area contributed by atoms with Crippen molar-refractivity contribution in [3.05, 3.63) is 58.8 Å². The molecule has 0 fully saturated rings. The van der Waals surface area contributed by atoms with Crippen molar-refractivity contribution < 1.29 is 47.9 Å². The molecule has 1 heterocycles. The van der Waals surface area contributed by atoms with Gasteiger partial charge in [-0.1, -0.05) is 6.07 Å². The van der Waals surface area contributed by atoms with Crippen LogP contribution in [0.4, 0.5) is 4.79 Å². The Balaban J connectivity index is 1.64. The Labute approximate surface area is 255 Å². The summed E-state index contributed by atoms with van der Waals surface area (Å²) in [5.41, 5.74) is 4.44. The van der Waals surface area contributed by atoms with Crippen LogP contribution in [-0.2, 0) is 19.1 Å². The fourth-order valence-electron chi connectivity index (χ4n) is 4.15. The SMILES string of the molecule is CCOC(=O)COc1ccc(/C=N\N[C@@H](O)COc2ccc([C@H]3NC(=O)NC(C)=C3C(=O)OC)cc2OCC)cc1OCC. The van der Waals surface area contributed by atoms with E-state index in [2.05, 4.69) is 21.2 Å². The average Bonchev–Trinajstić information content (AvgIpc) is 2.99. The van der Waals surface area contributed by atoms with Crippen molar-refractivity contribution >= 4 is 24.2 Å². The van der Waals surface area contributed by atoms with E-state index in [0.29, 0.717) is 53.0 Å². The number of hydrogen-bond acceptors (Lipinski definition) is 12. The van der Waals surface area contributed by atoms with Crippen LogP contribution in [0.1, 0.15) is 44.9 Å². The number of nitrogens with one attached hydrogen (secondary N) is 3. The number of ether oxygens (including phenoxy) is 6. The first-order chi connectivity index (χ1) is 21.2. The topological polar surface area (TPSA) is 175 Å². The predicted octanol–water partition coefficient (Wildman–Crippen LogP) is 2.55. The first-order valence-electron chi connectivity index (χ1n) is 14.0. The minimum absolute atomic E-state index is 0.182. The molecule has 14 nitrogen and oxygen atoms in total. The van der Waals surface area contributed by atoms with Gasteiger partial charge >= 0.3 is 18.0 Å². The lowest BCUT2D eigenvalue weighted by molar-refractivity contribution is -0.145. The van der Waals surface area contributed by atoms with Crippen LogP contribution in [0.2, 0.25) is 0 Å². The number of amides is 2. The molecular formula is C30H38N4O10. The van der Waals surface area contributed by atoms with E-state index >= 15 is 0 Å². The maximum absolute atomic E-state index is 12.4. The van der Waals surface area contributed by atoms with Crippen LogP contribution >= 0.6 is 0 Å². The van der Waals surface area contributed by atoms with Crippen molar-refractivity contribution in [1.29, 1.82) is 0 Å². The molecule has 2 atom stereocenters. The predicted molar refractivity (Wildman–Crippen MR) is 159 cm³/mol. The van der Waals surface area contributed by atoms with Gasteiger partial charge in [-0.05, 0) is 69.2 Å². The highest BCUT2D eigenvalue weighted by atomic mass is 16.6. The van der Waals surface area contributed by atoms with Crippen LogP contribution in [-0.4, -0.2) is 75.7 Å². The Kier molecular flexibility index (Phi) is 12.6. The van der Waals surface area contributed by atoms with Crippen LogP contribution in [0, 0.1) is 0 Å². The third-order valence-corrected chi connectivity index (χ3v) is 6.03. The van der Waals surface area contributed by atoms with Crippen molar-refractivity contribution in [2.24, 2.45) is 5.10 Å². The minimum atomic E-state index is -1.18. The molecule has 0 unspecified atom stereocenters. The van der Waals surface area contributed by atoms with Crippen molar-refractivity contribution in [3.8, 4) is 23.0 Å². The highest BCUT2D eigenvalue weighted by Crippen LogP contribution is 2.35. The summed E-state index contributed by atoms with van der Waals surface area (Å²) in [5, 5.41) is 19.8. The molecule has 0 bridgehead atoms. The zero-order chi connectivity index (χ0) is 32.1. The van der Waals surface area contributed by atoms with Gasteiger partial charge in [0.25, 0.3) is 0 Å². The van der Waals surface area contributed by atoms with E-state index in [4.69, 9.17) is 28.4 Å². The van der Waals surface area contributed by atoms with Crippen molar-refractivity contribution in [3.63, 3.8) is 0 Å². The molecular weight excluding hydrogens is 576 g/mol. The monoisotopic (exact) mass is 614 g/mol. The van der Waals surface area contributed by atoms with Crippen LogP contribution in [0.3, 0.4) is 0 Å². The highest BCUT2D eigenvalue weighted by molar-refractivity contribution is 5.95. The highest BCUT2D eigenvalue weighted by Gasteiger charge is 2.32. The van der Waals surface area contributed by atoms with Gasteiger partial charge in [-0.25, -0.2) is 14.4 Å². The Morgan fingerprint density at radius 1 is 0.977 bits per heavy atom. The summed E-state index contributed by atoms with van der Waals surface area (Å²) in [6.45, 7) is 7.48. The lowest BCUT2D eigenvalue weighted by Crippen LogP contribution is -2.45. The molecule has 0 spiro atoms. The number of esters is 2. The molecule has 14 heteroatoms. The molecule has 238 valence electrons. The lowest BCUT2D eigenvalue weighted by atomic mass is 9.95. The molecule has 2 aromatic rings. The summed E-state index contributed by atoms with van der Waals surface area (Å²) in [6, 6.07) is 8.76. The summed E-state index contributed by atoms with van der Waals surface area (Å²) in [5.74, 6) is 0.417. The van der Waals surface area contributed by atoms with Crippen molar-refractivity contribution in [2.75, 3.05) is 40.1 Å². The van der Waals surface area contributed by atoms with Gasteiger partial charge in [0.1, 0.15) is 6.61 Å². The minimum Gasteiger partial charge on any atom is -0.490 e. The molecule has 0 aromatic heterocycles. The number of carbonyl (C=O) groups is 3. The number of allylic oxidation sites excluding steroid dienone is 1. The van der Waals surface area contributed by atoms with E-state index < -0.39 is 30.2 Å². The molecule has 0 aliphatic carbocycles. The van der Waals surface area contributed by atoms with Gasteiger partial charge in [0.05, 0.1) is 44.8 Å². The van der Waals surface area contributed by atoms with Crippen LogP contribution in [0.5, 0.6) is 23.0 Å². The first kappa shape index (κ1) is 33.5. The smallest absolute Gasteiger partial charge is 0.344 e. The number of nitrogens with zero attached hydrogens (tertiary/aromatic N) is 1. The van der Waals surface area contributed by atoms with Gasteiger partial charge < -0.3 is 44.2 Å². The normalized spacial score (nSPS) is 15.1. The quantitative estimate of drug-likeness (QED) is 0.0946. The molecule has 0 radical (unpaired) electrons. The number of aliphatic hydroxyl groups is 1. The van der Waals surface area contributed by atoms with E-state index in [1.54, 1.807) is 57.2 Å². The zero-order valence-electron chi connectivity index (χ0n) is 25.3. The average molecular weight is 615 g/mol. The van der Waals surface area contributed by atoms with Gasteiger partial charge in [0.2, 0.25) is 0 Å². The van der Waals surface area contributed by atoms with E-state index in [1.807, 2.05) is 6.92 Å². The molecule has 2 aromatic carbocycles. The van der Waals surface area contributed by atoms with Crippen LogP contribution < -0.4 is 35.0 Å². The van der Waals surface area contributed by atoms with Crippen molar-refractivity contribution in [2.45, 2.75) is 40.0 Å². The number of methoxy groups -OCH3 is 1. The fourth-order valence-corrected chi connectivity index (χ4v) is 4.15. The van der Waals surface area contributed by atoms with E-state index in [9.17, 15) is 19.5 Å². The van der Waals surface area contributed by atoms with Crippen molar-refractivity contribution in [1.82, 2.24) is 16.1 Å².